The van der Waals surface area contributed by atoms with E-state index < -0.39 is 0 Å². The van der Waals surface area contributed by atoms with Crippen molar-refractivity contribution in [2.75, 3.05) is 19.7 Å². The van der Waals surface area contributed by atoms with Gasteiger partial charge in [0, 0.05) is 12.6 Å². The molecule has 0 spiro atoms. The average Bonchev–Trinajstić information content (AvgIpc) is 3.20. The normalized spacial score (nSPS) is 25.6. The lowest BCUT2D eigenvalue weighted by Crippen LogP contribution is -2.50. The van der Waals surface area contributed by atoms with Crippen molar-refractivity contribution in [2.24, 2.45) is 0 Å². The molecule has 0 saturated carbocycles. The van der Waals surface area contributed by atoms with Gasteiger partial charge in [-0.3, -0.25) is 4.79 Å². The summed E-state index contributed by atoms with van der Waals surface area (Å²) in [5.41, 5.74) is 8.99. The highest BCUT2D eigenvalue weighted by molar-refractivity contribution is 5.82. The summed E-state index contributed by atoms with van der Waals surface area (Å²) in [5.74, 6) is -0.134. The molecule has 3 unspecified atom stereocenters. The summed E-state index contributed by atoms with van der Waals surface area (Å²) in [6, 6.07) is 14.8. The van der Waals surface area contributed by atoms with Crippen LogP contribution in [0.4, 0.5) is 4.39 Å². The number of aryl methyl sites for hydroxylation is 1. The number of benzene rings is 2. The van der Waals surface area contributed by atoms with Crippen molar-refractivity contribution in [3.8, 4) is 0 Å². The summed E-state index contributed by atoms with van der Waals surface area (Å²) in [5, 5.41) is 0. The van der Waals surface area contributed by atoms with Crippen molar-refractivity contribution < 1.29 is 13.9 Å². The lowest BCUT2D eigenvalue weighted by Gasteiger charge is -2.34. The lowest BCUT2D eigenvalue weighted by atomic mass is 9.99. The molecule has 6 heteroatoms. The maximum absolute atomic E-state index is 13.5. The number of hydrogen-bond acceptors (Lipinski definition) is 4. The van der Waals surface area contributed by atoms with E-state index in [9.17, 15) is 9.18 Å². The fraction of sp³-hybridized carbons (Fsp3) is 0.381. The third kappa shape index (κ3) is 3.88. The maximum atomic E-state index is 13.5. The van der Waals surface area contributed by atoms with E-state index in [2.05, 4.69) is 10.9 Å². The van der Waals surface area contributed by atoms with E-state index in [-0.39, 0.29) is 29.9 Å². The number of carbonyl (C=O) groups is 1. The van der Waals surface area contributed by atoms with E-state index >= 15 is 0 Å². The molecule has 2 saturated heterocycles. The van der Waals surface area contributed by atoms with Gasteiger partial charge in [0.05, 0.1) is 13.2 Å². The molecule has 0 aromatic heterocycles. The Kier molecular flexibility index (Phi) is 5.20. The SMILES string of the molecule is Cc1cc(C2CC(C(=O)N3CCOC(c4ccccc4)C3)NN2)ccc1F. The standard InChI is InChI=1S/C21H24FN3O2/c1-14-11-16(7-8-17(14)22)18-12-19(24-23-18)21(26)25-9-10-27-20(13-25)15-5-3-2-4-6-15/h2-8,11,18-20,23-24H,9-10,12-13H2,1H3. The molecule has 4 rings (SSSR count). The third-order valence-corrected chi connectivity index (χ3v) is 5.34. The van der Waals surface area contributed by atoms with Crippen LogP contribution in [0.1, 0.15) is 35.3 Å². The van der Waals surface area contributed by atoms with Gasteiger partial charge in [-0.15, -0.1) is 0 Å². The zero-order chi connectivity index (χ0) is 18.8. The Morgan fingerprint density at radius 3 is 2.74 bits per heavy atom. The molecule has 0 radical (unpaired) electrons. The Balaban J connectivity index is 1.40. The van der Waals surface area contributed by atoms with Crippen LogP contribution in [0, 0.1) is 12.7 Å². The van der Waals surface area contributed by atoms with Crippen molar-refractivity contribution in [3.05, 3.63) is 71.0 Å². The first-order valence-corrected chi connectivity index (χ1v) is 9.34. The molecular weight excluding hydrogens is 345 g/mol. The van der Waals surface area contributed by atoms with E-state index in [1.54, 1.807) is 13.0 Å². The number of rotatable bonds is 3. The molecule has 2 aliphatic heterocycles. The Hall–Kier alpha value is -2.28. The molecular formula is C21H24FN3O2. The topological polar surface area (TPSA) is 53.6 Å². The van der Waals surface area contributed by atoms with Gasteiger partial charge in [-0.25, -0.2) is 15.2 Å². The largest absolute Gasteiger partial charge is 0.370 e. The van der Waals surface area contributed by atoms with Crippen LogP contribution < -0.4 is 10.9 Å². The first-order chi connectivity index (χ1) is 13.1. The van der Waals surface area contributed by atoms with E-state index in [4.69, 9.17) is 4.74 Å². The Bertz CT molecular complexity index is 814. The molecule has 2 N–H and O–H groups in total. The van der Waals surface area contributed by atoms with E-state index in [1.165, 1.54) is 6.07 Å². The number of morpholine rings is 1. The minimum Gasteiger partial charge on any atom is -0.370 e. The third-order valence-electron chi connectivity index (χ3n) is 5.34. The van der Waals surface area contributed by atoms with Crippen molar-refractivity contribution in [1.82, 2.24) is 15.8 Å². The average molecular weight is 369 g/mol. The van der Waals surface area contributed by atoms with Crippen LogP contribution in [-0.2, 0) is 9.53 Å². The fourth-order valence-electron chi connectivity index (χ4n) is 3.76. The number of nitrogens with zero attached hydrogens (tertiary/aromatic N) is 1. The Morgan fingerprint density at radius 1 is 1.15 bits per heavy atom. The monoisotopic (exact) mass is 369 g/mol. The number of halogens is 1. The van der Waals surface area contributed by atoms with Crippen LogP contribution in [0.3, 0.4) is 0 Å². The Labute approximate surface area is 158 Å². The van der Waals surface area contributed by atoms with Gasteiger partial charge in [-0.2, -0.15) is 0 Å². The highest BCUT2D eigenvalue weighted by Crippen LogP contribution is 2.27. The van der Waals surface area contributed by atoms with Gasteiger partial charge in [-0.1, -0.05) is 42.5 Å². The van der Waals surface area contributed by atoms with Gasteiger partial charge in [-0.05, 0) is 36.1 Å². The molecule has 2 aliphatic rings. The van der Waals surface area contributed by atoms with E-state index in [1.807, 2.05) is 41.3 Å². The predicted molar refractivity (Wildman–Crippen MR) is 100 cm³/mol. The summed E-state index contributed by atoms with van der Waals surface area (Å²) < 4.78 is 19.4. The van der Waals surface area contributed by atoms with Gasteiger partial charge in [0.15, 0.2) is 0 Å². The minimum atomic E-state index is -0.296. The lowest BCUT2D eigenvalue weighted by molar-refractivity contribution is -0.141. The smallest absolute Gasteiger partial charge is 0.241 e. The molecule has 2 heterocycles. The van der Waals surface area contributed by atoms with Gasteiger partial charge in [0.1, 0.15) is 18.0 Å². The number of nitrogens with one attached hydrogen (secondary N) is 2. The molecule has 2 fully saturated rings. The van der Waals surface area contributed by atoms with Crippen LogP contribution in [0.2, 0.25) is 0 Å². The second kappa shape index (κ2) is 7.76. The van der Waals surface area contributed by atoms with E-state index in [0.29, 0.717) is 31.7 Å². The molecule has 2 aromatic rings. The van der Waals surface area contributed by atoms with Crippen LogP contribution in [0.5, 0.6) is 0 Å². The summed E-state index contributed by atoms with van der Waals surface area (Å²) in [6.07, 6.45) is 0.547. The molecule has 1 amide bonds. The number of carbonyl (C=O) groups excluding carboxylic acids is 1. The second-order valence-electron chi connectivity index (χ2n) is 7.19. The summed E-state index contributed by atoms with van der Waals surface area (Å²) >= 11 is 0. The zero-order valence-electron chi connectivity index (χ0n) is 15.3. The number of ether oxygens (including phenoxy) is 1. The summed E-state index contributed by atoms with van der Waals surface area (Å²) in [4.78, 5) is 14.9. The zero-order valence-corrected chi connectivity index (χ0v) is 15.3. The molecule has 27 heavy (non-hydrogen) atoms. The molecule has 0 aliphatic carbocycles. The van der Waals surface area contributed by atoms with Gasteiger partial charge in [0.2, 0.25) is 5.91 Å². The van der Waals surface area contributed by atoms with E-state index in [0.717, 1.165) is 11.1 Å². The molecule has 5 nitrogen and oxygen atoms in total. The van der Waals surface area contributed by atoms with Crippen molar-refractivity contribution >= 4 is 5.91 Å². The first kappa shape index (κ1) is 18.1. The molecule has 0 bridgehead atoms. The molecule has 2 aromatic carbocycles. The molecule has 142 valence electrons. The van der Waals surface area contributed by atoms with Crippen molar-refractivity contribution in [2.45, 2.75) is 31.5 Å². The fourth-order valence-corrected chi connectivity index (χ4v) is 3.76. The maximum Gasteiger partial charge on any atom is 0.241 e. The van der Waals surface area contributed by atoms with Crippen molar-refractivity contribution in [3.63, 3.8) is 0 Å². The predicted octanol–water partition coefficient (Wildman–Crippen LogP) is 2.64. The molecule has 3 atom stereocenters. The second-order valence-corrected chi connectivity index (χ2v) is 7.19. The quantitative estimate of drug-likeness (QED) is 0.873. The Morgan fingerprint density at radius 2 is 1.96 bits per heavy atom. The number of amides is 1. The minimum absolute atomic E-state index is 0.00999. The van der Waals surface area contributed by atoms with Gasteiger partial charge in [0.25, 0.3) is 0 Å². The van der Waals surface area contributed by atoms with Crippen LogP contribution in [-0.4, -0.2) is 36.5 Å². The van der Waals surface area contributed by atoms with Crippen molar-refractivity contribution in [1.29, 1.82) is 0 Å². The highest BCUT2D eigenvalue weighted by atomic mass is 19.1. The van der Waals surface area contributed by atoms with Gasteiger partial charge >= 0.3 is 0 Å². The highest BCUT2D eigenvalue weighted by Gasteiger charge is 2.35. The van der Waals surface area contributed by atoms with Gasteiger partial charge < -0.3 is 9.64 Å². The first-order valence-electron chi connectivity index (χ1n) is 9.34. The van der Waals surface area contributed by atoms with Crippen LogP contribution in [0.25, 0.3) is 0 Å². The summed E-state index contributed by atoms with van der Waals surface area (Å²) in [6.45, 7) is 3.44. The number of hydrazine groups is 1. The summed E-state index contributed by atoms with van der Waals surface area (Å²) in [7, 11) is 0. The van der Waals surface area contributed by atoms with Crippen LogP contribution in [0.15, 0.2) is 48.5 Å². The van der Waals surface area contributed by atoms with Crippen LogP contribution >= 0.6 is 0 Å². The number of hydrogen-bond donors (Lipinski definition) is 2.